The summed E-state index contributed by atoms with van der Waals surface area (Å²) in [7, 11) is 1.64. The molecule has 0 bridgehead atoms. The number of nitrogens with one attached hydrogen (secondary N) is 2. The number of benzene rings is 2. The van der Waals surface area contributed by atoms with Gasteiger partial charge in [0, 0.05) is 47.2 Å². The fourth-order valence-electron chi connectivity index (χ4n) is 3.17. The van der Waals surface area contributed by atoms with Gasteiger partial charge in [-0.3, -0.25) is 4.79 Å². The average Bonchev–Trinajstić information content (AvgIpc) is 3.14. The maximum atomic E-state index is 12.1. The first-order chi connectivity index (χ1) is 14.1. The minimum atomic E-state index is -0.428. The lowest BCUT2D eigenvalue weighted by molar-refractivity contribution is -0.123. The minimum absolute atomic E-state index is 0.117. The topological polar surface area (TPSA) is 93.6 Å². The fourth-order valence-corrected chi connectivity index (χ4v) is 3.17. The maximum Gasteiger partial charge on any atom is 0.336 e. The molecule has 7 heteroatoms. The van der Waals surface area contributed by atoms with Gasteiger partial charge < -0.3 is 24.2 Å². The third kappa shape index (κ3) is 4.24. The van der Waals surface area contributed by atoms with Gasteiger partial charge in [-0.05, 0) is 42.3 Å². The van der Waals surface area contributed by atoms with Crippen molar-refractivity contribution < 1.29 is 18.7 Å². The van der Waals surface area contributed by atoms with Crippen LogP contribution in [0.2, 0.25) is 0 Å². The highest BCUT2D eigenvalue weighted by molar-refractivity contribution is 5.84. The van der Waals surface area contributed by atoms with Crippen LogP contribution >= 0.6 is 0 Å². The van der Waals surface area contributed by atoms with Crippen molar-refractivity contribution in [3.8, 4) is 11.5 Å². The van der Waals surface area contributed by atoms with E-state index < -0.39 is 5.63 Å². The Morgan fingerprint density at radius 1 is 1.10 bits per heavy atom. The number of aromatic amines is 1. The van der Waals surface area contributed by atoms with Crippen molar-refractivity contribution in [1.29, 1.82) is 0 Å². The van der Waals surface area contributed by atoms with E-state index in [1.807, 2.05) is 24.4 Å². The van der Waals surface area contributed by atoms with E-state index in [2.05, 4.69) is 10.3 Å². The Morgan fingerprint density at radius 2 is 1.93 bits per heavy atom. The van der Waals surface area contributed by atoms with E-state index in [9.17, 15) is 9.59 Å². The number of fused-ring (bicyclic) bond motifs is 2. The van der Waals surface area contributed by atoms with Crippen LogP contribution in [0.4, 0.5) is 0 Å². The van der Waals surface area contributed by atoms with Crippen molar-refractivity contribution in [2.75, 3.05) is 20.3 Å². The molecule has 0 aliphatic carbocycles. The van der Waals surface area contributed by atoms with E-state index in [1.54, 1.807) is 31.4 Å². The second-order valence-corrected chi connectivity index (χ2v) is 6.57. The van der Waals surface area contributed by atoms with Gasteiger partial charge in [0.25, 0.3) is 5.91 Å². The molecule has 0 fully saturated rings. The number of ether oxygens (including phenoxy) is 2. The second kappa shape index (κ2) is 8.10. The van der Waals surface area contributed by atoms with E-state index in [0.717, 1.165) is 27.6 Å². The molecule has 29 heavy (non-hydrogen) atoms. The van der Waals surface area contributed by atoms with Crippen molar-refractivity contribution in [3.05, 3.63) is 70.7 Å². The van der Waals surface area contributed by atoms with Gasteiger partial charge in [0.1, 0.15) is 17.1 Å². The third-order valence-corrected chi connectivity index (χ3v) is 4.66. The Labute approximate surface area is 166 Å². The third-order valence-electron chi connectivity index (χ3n) is 4.66. The van der Waals surface area contributed by atoms with Gasteiger partial charge in [-0.1, -0.05) is 0 Å². The van der Waals surface area contributed by atoms with Gasteiger partial charge >= 0.3 is 5.63 Å². The quantitative estimate of drug-likeness (QED) is 0.472. The van der Waals surface area contributed by atoms with Crippen molar-refractivity contribution in [2.24, 2.45) is 0 Å². The van der Waals surface area contributed by atoms with Gasteiger partial charge in [0.05, 0.1) is 7.11 Å². The predicted molar refractivity (Wildman–Crippen MR) is 110 cm³/mol. The lowest BCUT2D eigenvalue weighted by atomic mass is 10.1. The highest BCUT2D eigenvalue weighted by atomic mass is 16.5. The van der Waals surface area contributed by atoms with E-state index in [4.69, 9.17) is 13.9 Å². The summed E-state index contributed by atoms with van der Waals surface area (Å²) in [5, 5.41) is 4.74. The van der Waals surface area contributed by atoms with Gasteiger partial charge in [-0.25, -0.2) is 4.79 Å². The lowest BCUT2D eigenvalue weighted by Crippen LogP contribution is -2.30. The largest absolute Gasteiger partial charge is 0.497 e. The molecule has 2 heterocycles. The summed E-state index contributed by atoms with van der Waals surface area (Å²) in [5.74, 6) is 1.04. The molecule has 0 aliphatic heterocycles. The number of rotatable bonds is 7. The molecular weight excluding hydrogens is 372 g/mol. The smallest absolute Gasteiger partial charge is 0.336 e. The summed E-state index contributed by atoms with van der Waals surface area (Å²) in [6, 6.07) is 14.0. The van der Waals surface area contributed by atoms with Gasteiger partial charge in [0.15, 0.2) is 6.61 Å². The number of carbonyl (C=O) groups excluding carboxylic acids is 1. The van der Waals surface area contributed by atoms with Crippen LogP contribution < -0.4 is 20.4 Å². The molecule has 4 aromatic rings. The number of H-pyrrole nitrogens is 1. The van der Waals surface area contributed by atoms with E-state index in [1.165, 1.54) is 6.07 Å². The summed E-state index contributed by atoms with van der Waals surface area (Å²) in [6.07, 6.45) is 2.63. The van der Waals surface area contributed by atoms with Crippen LogP contribution in [0.3, 0.4) is 0 Å². The van der Waals surface area contributed by atoms with Crippen LogP contribution in [0.1, 0.15) is 5.56 Å². The van der Waals surface area contributed by atoms with Crippen molar-refractivity contribution >= 4 is 27.8 Å². The highest BCUT2D eigenvalue weighted by Gasteiger charge is 2.07. The first-order valence-electron chi connectivity index (χ1n) is 9.20. The van der Waals surface area contributed by atoms with E-state index >= 15 is 0 Å². The molecule has 2 aromatic carbocycles. The predicted octanol–water partition coefficient (Wildman–Crippen LogP) is 3.02. The number of hydrogen-bond donors (Lipinski definition) is 2. The fraction of sp³-hybridized carbons (Fsp3) is 0.182. The number of carbonyl (C=O) groups is 1. The van der Waals surface area contributed by atoms with E-state index in [0.29, 0.717) is 24.3 Å². The van der Waals surface area contributed by atoms with E-state index in [-0.39, 0.29) is 12.5 Å². The van der Waals surface area contributed by atoms with Gasteiger partial charge in [0.2, 0.25) is 0 Å². The van der Waals surface area contributed by atoms with Crippen molar-refractivity contribution in [3.63, 3.8) is 0 Å². The average molecular weight is 392 g/mol. The zero-order chi connectivity index (χ0) is 20.2. The summed E-state index contributed by atoms with van der Waals surface area (Å²) in [6.45, 7) is 0.376. The summed E-state index contributed by atoms with van der Waals surface area (Å²) >= 11 is 0. The molecule has 4 rings (SSSR count). The van der Waals surface area contributed by atoms with Crippen LogP contribution in [0, 0.1) is 0 Å². The van der Waals surface area contributed by atoms with Gasteiger partial charge in [-0.15, -0.1) is 0 Å². The molecule has 0 saturated carbocycles. The molecule has 2 N–H and O–H groups in total. The Morgan fingerprint density at radius 3 is 2.79 bits per heavy atom. The lowest BCUT2D eigenvalue weighted by Gasteiger charge is -2.08. The van der Waals surface area contributed by atoms with Crippen molar-refractivity contribution in [2.45, 2.75) is 6.42 Å². The zero-order valence-electron chi connectivity index (χ0n) is 15.9. The molecule has 148 valence electrons. The number of amides is 1. The molecule has 2 aromatic heterocycles. The Bertz CT molecular complexity index is 1220. The monoisotopic (exact) mass is 392 g/mol. The highest BCUT2D eigenvalue weighted by Crippen LogP contribution is 2.23. The number of aromatic nitrogens is 1. The molecular formula is C22H20N2O5. The molecule has 1 amide bonds. The van der Waals surface area contributed by atoms with Crippen molar-refractivity contribution in [1.82, 2.24) is 10.3 Å². The van der Waals surface area contributed by atoms with Crippen LogP contribution in [-0.2, 0) is 11.2 Å². The molecule has 0 saturated heterocycles. The minimum Gasteiger partial charge on any atom is -0.497 e. The Kier molecular flexibility index (Phi) is 5.20. The van der Waals surface area contributed by atoms with Crippen LogP contribution in [0.25, 0.3) is 21.9 Å². The summed E-state index contributed by atoms with van der Waals surface area (Å²) < 4.78 is 15.8. The van der Waals surface area contributed by atoms with Crippen LogP contribution in [0.15, 0.2) is 63.9 Å². The number of hydrogen-bond acceptors (Lipinski definition) is 5. The molecule has 0 atom stereocenters. The first-order valence-corrected chi connectivity index (χ1v) is 9.20. The van der Waals surface area contributed by atoms with Crippen LogP contribution in [0.5, 0.6) is 11.5 Å². The Balaban J connectivity index is 1.30. The first kappa shape index (κ1) is 18.6. The van der Waals surface area contributed by atoms with Crippen LogP contribution in [-0.4, -0.2) is 31.2 Å². The molecule has 0 spiro atoms. The molecule has 7 nitrogen and oxygen atoms in total. The molecule has 0 radical (unpaired) electrons. The summed E-state index contributed by atoms with van der Waals surface area (Å²) in [5.41, 5.74) is 2.11. The normalized spacial score (nSPS) is 10.9. The zero-order valence-corrected chi connectivity index (χ0v) is 15.9. The summed E-state index contributed by atoms with van der Waals surface area (Å²) in [4.78, 5) is 26.6. The number of methoxy groups -OCH3 is 1. The SMILES string of the molecule is COc1ccc2c(CCNC(=O)COc3ccc4ccc(=O)oc4c3)c[nH]c2c1. The Hall–Kier alpha value is -3.74. The van der Waals surface area contributed by atoms with Gasteiger partial charge in [-0.2, -0.15) is 0 Å². The second-order valence-electron chi connectivity index (χ2n) is 6.57. The molecule has 0 aliphatic rings. The standard InChI is InChI=1S/C22H20N2O5/c1-27-16-5-6-18-15(12-24-19(18)10-16)8-9-23-21(25)13-28-17-4-2-14-3-7-22(26)29-20(14)11-17/h2-7,10-12,24H,8-9,13H2,1H3,(H,23,25). The maximum absolute atomic E-state index is 12.1. The molecule has 0 unspecified atom stereocenters.